The molecule has 1 aliphatic heterocycles. The summed E-state index contributed by atoms with van der Waals surface area (Å²) in [4.78, 5) is 30.9. The van der Waals surface area contributed by atoms with Crippen molar-refractivity contribution in [1.29, 1.82) is 0 Å². The SMILES string of the molecule is C=CCN(CC(=O)N1CCc2sccc2[C@H]1c1ccc(OC)cc1)C(=O)CC(C)C. The Hall–Kier alpha value is -2.60. The van der Waals surface area contributed by atoms with Gasteiger partial charge in [-0.25, -0.2) is 0 Å². The molecule has 6 heteroatoms. The van der Waals surface area contributed by atoms with Gasteiger partial charge in [-0.15, -0.1) is 17.9 Å². The van der Waals surface area contributed by atoms with Gasteiger partial charge in [0.15, 0.2) is 0 Å². The fourth-order valence-corrected chi connectivity index (χ4v) is 4.78. The first-order valence-electron chi connectivity index (χ1n) is 10.3. The molecule has 2 aromatic rings. The van der Waals surface area contributed by atoms with Crippen molar-refractivity contribution >= 4 is 23.2 Å². The molecule has 0 fully saturated rings. The van der Waals surface area contributed by atoms with E-state index in [0.29, 0.717) is 19.5 Å². The molecule has 0 bridgehead atoms. The number of ether oxygens (including phenoxy) is 1. The molecule has 1 aromatic heterocycles. The van der Waals surface area contributed by atoms with E-state index in [2.05, 4.69) is 18.0 Å². The van der Waals surface area contributed by atoms with Gasteiger partial charge in [-0.1, -0.05) is 32.1 Å². The Balaban J connectivity index is 1.86. The third-order valence-corrected chi connectivity index (χ3v) is 6.33. The molecule has 0 aliphatic carbocycles. The van der Waals surface area contributed by atoms with Crippen molar-refractivity contribution in [3.8, 4) is 5.75 Å². The molecule has 3 rings (SSSR count). The maximum Gasteiger partial charge on any atom is 0.243 e. The van der Waals surface area contributed by atoms with Crippen molar-refractivity contribution in [2.45, 2.75) is 32.7 Å². The highest BCUT2D eigenvalue weighted by molar-refractivity contribution is 7.10. The van der Waals surface area contributed by atoms with Gasteiger partial charge in [0.25, 0.3) is 0 Å². The summed E-state index contributed by atoms with van der Waals surface area (Å²) in [6.07, 6.45) is 2.95. The van der Waals surface area contributed by atoms with Gasteiger partial charge in [-0.05, 0) is 47.0 Å². The Morgan fingerprint density at radius 3 is 2.67 bits per heavy atom. The number of rotatable bonds is 8. The molecule has 1 aliphatic rings. The summed E-state index contributed by atoms with van der Waals surface area (Å²) in [5, 5.41) is 2.09. The van der Waals surface area contributed by atoms with E-state index < -0.39 is 0 Å². The second kappa shape index (κ2) is 9.94. The lowest BCUT2D eigenvalue weighted by atomic mass is 9.93. The van der Waals surface area contributed by atoms with Gasteiger partial charge >= 0.3 is 0 Å². The van der Waals surface area contributed by atoms with Crippen molar-refractivity contribution < 1.29 is 14.3 Å². The zero-order valence-corrected chi connectivity index (χ0v) is 18.8. The Labute approximate surface area is 182 Å². The van der Waals surface area contributed by atoms with Gasteiger partial charge in [0.2, 0.25) is 11.8 Å². The quantitative estimate of drug-likeness (QED) is 0.592. The van der Waals surface area contributed by atoms with Crippen LogP contribution < -0.4 is 4.74 Å². The minimum absolute atomic E-state index is 0.00696. The summed E-state index contributed by atoms with van der Waals surface area (Å²) in [5.41, 5.74) is 2.22. The van der Waals surface area contributed by atoms with Crippen LogP contribution in [-0.2, 0) is 16.0 Å². The molecule has 0 unspecified atom stereocenters. The topological polar surface area (TPSA) is 49.9 Å². The number of thiophene rings is 1. The average Bonchev–Trinajstić information content (AvgIpc) is 3.21. The molecule has 0 radical (unpaired) electrons. The van der Waals surface area contributed by atoms with Crippen LogP contribution in [0.3, 0.4) is 0 Å². The Bertz CT molecular complexity index is 888. The molecule has 1 atom stereocenters. The van der Waals surface area contributed by atoms with E-state index in [4.69, 9.17) is 4.74 Å². The molecule has 0 saturated heterocycles. The fraction of sp³-hybridized carbons (Fsp3) is 0.417. The van der Waals surface area contributed by atoms with Crippen LogP contribution in [0.15, 0.2) is 48.4 Å². The highest BCUT2D eigenvalue weighted by Gasteiger charge is 2.33. The molecule has 0 saturated carbocycles. The van der Waals surface area contributed by atoms with Crippen LogP contribution in [0.1, 0.15) is 42.3 Å². The monoisotopic (exact) mass is 426 g/mol. The largest absolute Gasteiger partial charge is 0.497 e. The van der Waals surface area contributed by atoms with Crippen molar-refractivity contribution in [3.05, 3.63) is 64.4 Å². The van der Waals surface area contributed by atoms with Crippen LogP contribution >= 0.6 is 11.3 Å². The number of hydrogen-bond donors (Lipinski definition) is 0. The molecule has 2 heterocycles. The third-order valence-electron chi connectivity index (χ3n) is 5.33. The summed E-state index contributed by atoms with van der Waals surface area (Å²) in [7, 11) is 1.64. The number of fused-ring (bicyclic) bond motifs is 1. The van der Waals surface area contributed by atoms with E-state index in [-0.39, 0.29) is 30.3 Å². The second-order valence-corrected chi connectivity index (χ2v) is 8.97. The normalized spacial score (nSPS) is 15.6. The number of methoxy groups -OCH3 is 1. The molecule has 30 heavy (non-hydrogen) atoms. The van der Waals surface area contributed by atoms with Crippen LogP contribution in [0.5, 0.6) is 5.75 Å². The first kappa shape index (κ1) is 22.1. The smallest absolute Gasteiger partial charge is 0.243 e. The van der Waals surface area contributed by atoms with E-state index in [9.17, 15) is 9.59 Å². The van der Waals surface area contributed by atoms with Crippen LogP contribution in [-0.4, -0.2) is 48.4 Å². The third kappa shape index (κ3) is 4.93. The Kier molecular flexibility index (Phi) is 7.32. The number of nitrogens with zero attached hydrogens (tertiary/aromatic N) is 2. The second-order valence-electron chi connectivity index (χ2n) is 7.97. The summed E-state index contributed by atoms with van der Waals surface area (Å²) in [6, 6.07) is 9.84. The van der Waals surface area contributed by atoms with E-state index in [1.165, 1.54) is 10.4 Å². The molecule has 0 N–H and O–H groups in total. The lowest BCUT2D eigenvalue weighted by Crippen LogP contribution is -2.47. The summed E-state index contributed by atoms with van der Waals surface area (Å²) in [6.45, 7) is 8.86. The zero-order chi connectivity index (χ0) is 21.7. The average molecular weight is 427 g/mol. The van der Waals surface area contributed by atoms with Gasteiger partial charge < -0.3 is 14.5 Å². The Morgan fingerprint density at radius 2 is 2.03 bits per heavy atom. The van der Waals surface area contributed by atoms with Gasteiger partial charge in [0.05, 0.1) is 13.2 Å². The van der Waals surface area contributed by atoms with Gasteiger partial charge in [-0.2, -0.15) is 0 Å². The van der Waals surface area contributed by atoms with Gasteiger partial charge in [0.1, 0.15) is 12.3 Å². The maximum absolute atomic E-state index is 13.4. The molecule has 160 valence electrons. The standard InChI is InChI=1S/C24H30N2O3S/c1-5-12-25(22(27)15-17(2)3)16-23(28)26-13-10-21-20(11-14-30-21)24(26)18-6-8-19(29-4)9-7-18/h5-9,11,14,17,24H,1,10,12-13,15-16H2,2-4H3/t24-/m1/s1. The highest BCUT2D eigenvalue weighted by Crippen LogP contribution is 2.38. The molecular weight excluding hydrogens is 396 g/mol. The van der Waals surface area contributed by atoms with Crippen LogP contribution in [0, 0.1) is 5.92 Å². The maximum atomic E-state index is 13.4. The highest BCUT2D eigenvalue weighted by atomic mass is 32.1. The molecule has 2 amide bonds. The minimum atomic E-state index is -0.149. The zero-order valence-electron chi connectivity index (χ0n) is 18.0. The number of amides is 2. The molecule has 0 spiro atoms. The number of hydrogen-bond acceptors (Lipinski definition) is 4. The van der Waals surface area contributed by atoms with Crippen molar-refractivity contribution in [1.82, 2.24) is 9.80 Å². The van der Waals surface area contributed by atoms with Crippen molar-refractivity contribution in [2.24, 2.45) is 5.92 Å². The number of carbonyl (C=O) groups is 2. The summed E-state index contributed by atoms with van der Waals surface area (Å²) < 4.78 is 5.29. The first-order chi connectivity index (χ1) is 14.4. The molecule has 5 nitrogen and oxygen atoms in total. The van der Waals surface area contributed by atoms with Crippen LogP contribution in [0.4, 0.5) is 0 Å². The predicted octanol–water partition coefficient (Wildman–Crippen LogP) is 4.29. The fourth-order valence-electron chi connectivity index (χ4n) is 3.87. The van der Waals surface area contributed by atoms with E-state index in [0.717, 1.165) is 17.7 Å². The van der Waals surface area contributed by atoms with E-state index >= 15 is 0 Å². The van der Waals surface area contributed by atoms with Crippen LogP contribution in [0.25, 0.3) is 0 Å². The summed E-state index contributed by atoms with van der Waals surface area (Å²) in [5.74, 6) is 0.990. The molecular formula is C24H30N2O3S. The first-order valence-corrected chi connectivity index (χ1v) is 11.2. The lowest BCUT2D eigenvalue weighted by molar-refractivity contribution is -0.141. The van der Waals surface area contributed by atoms with Crippen LogP contribution in [0.2, 0.25) is 0 Å². The Morgan fingerprint density at radius 1 is 1.30 bits per heavy atom. The number of carbonyl (C=O) groups excluding carboxylic acids is 2. The lowest BCUT2D eigenvalue weighted by Gasteiger charge is -2.37. The molecule has 1 aromatic carbocycles. The number of benzene rings is 1. The minimum Gasteiger partial charge on any atom is -0.497 e. The van der Waals surface area contributed by atoms with Gasteiger partial charge in [0, 0.05) is 24.4 Å². The predicted molar refractivity (Wildman–Crippen MR) is 121 cm³/mol. The van der Waals surface area contributed by atoms with Gasteiger partial charge in [-0.3, -0.25) is 9.59 Å². The van der Waals surface area contributed by atoms with E-state index in [1.807, 2.05) is 43.0 Å². The van der Waals surface area contributed by atoms with E-state index in [1.54, 1.807) is 29.4 Å². The van der Waals surface area contributed by atoms with Crippen molar-refractivity contribution in [3.63, 3.8) is 0 Å². The summed E-state index contributed by atoms with van der Waals surface area (Å²) >= 11 is 1.74. The van der Waals surface area contributed by atoms with Crippen molar-refractivity contribution in [2.75, 3.05) is 26.7 Å².